The van der Waals surface area contributed by atoms with E-state index >= 15 is 0 Å². The Morgan fingerprint density at radius 2 is 1.95 bits per heavy atom. The number of fused-ring (bicyclic) bond motifs is 1. The number of benzene rings is 1. The molecule has 6 nitrogen and oxygen atoms in total. The summed E-state index contributed by atoms with van der Waals surface area (Å²) < 4.78 is 28.5. The molecule has 0 radical (unpaired) electrons. The van der Waals surface area contributed by atoms with E-state index in [1.54, 1.807) is 6.07 Å². The predicted octanol–water partition coefficient (Wildman–Crippen LogP) is 2.35. The van der Waals surface area contributed by atoms with Gasteiger partial charge in [-0.1, -0.05) is 29.3 Å². The molecule has 9 heteroatoms. The highest BCUT2D eigenvalue weighted by Gasteiger charge is 2.28. The molecule has 0 aliphatic carbocycles. The average Bonchev–Trinajstić information content (AvgIpc) is 3.03. The van der Waals surface area contributed by atoms with E-state index in [2.05, 4.69) is 10.2 Å². The first-order valence-electron chi connectivity index (χ1n) is 6.72. The molecular formula is C13H14Cl2N4O2S. The molecule has 22 heavy (non-hydrogen) atoms. The van der Waals surface area contributed by atoms with Crippen molar-refractivity contribution < 1.29 is 8.42 Å². The quantitative estimate of drug-likeness (QED) is 0.838. The first-order chi connectivity index (χ1) is 10.4. The number of aryl methyl sites for hydroxylation is 1. The Morgan fingerprint density at radius 1 is 1.27 bits per heavy atom. The molecule has 0 atom stereocenters. The van der Waals surface area contributed by atoms with Gasteiger partial charge >= 0.3 is 0 Å². The lowest BCUT2D eigenvalue weighted by atomic mass is 10.4. The highest BCUT2D eigenvalue weighted by Crippen LogP contribution is 2.31. The molecule has 2 aromatic rings. The molecule has 0 amide bonds. The fraction of sp³-hybridized carbons (Fsp3) is 0.385. The van der Waals surface area contributed by atoms with E-state index in [1.807, 2.05) is 4.57 Å². The van der Waals surface area contributed by atoms with Crippen molar-refractivity contribution in [3.63, 3.8) is 0 Å². The molecule has 0 spiro atoms. The van der Waals surface area contributed by atoms with E-state index < -0.39 is 10.0 Å². The van der Waals surface area contributed by atoms with Crippen LogP contribution in [-0.4, -0.2) is 34.5 Å². The minimum atomic E-state index is -3.81. The van der Waals surface area contributed by atoms with Gasteiger partial charge in [-0.25, -0.2) is 8.42 Å². The smallest absolute Gasteiger partial charge is 0.246 e. The third-order valence-corrected chi connectivity index (χ3v) is 6.40. The standard InChI is InChI=1S/C13H14Cl2N4O2S/c1-18(8-12-17-16-11-6-3-7-19(11)12)22(20,21)13-9(14)4-2-5-10(13)15/h2,4-5H,3,6-8H2,1H3. The molecule has 0 fully saturated rings. The van der Waals surface area contributed by atoms with Gasteiger partial charge in [-0.3, -0.25) is 0 Å². The topological polar surface area (TPSA) is 68.1 Å². The lowest BCUT2D eigenvalue weighted by Gasteiger charge is -2.18. The van der Waals surface area contributed by atoms with Crippen LogP contribution in [0.1, 0.15) is 18.1 Å². The van der Waals surface area contributed by atoms with Gasteiger partial charge in [-0.2, -0.15) is 4.31 Å². The molecule has 0 unspecified atom stereocenters. The number of hydrogen-bond donors (Lipinski definition) is 0. The summed E-state index contributed by atoms with van der Waals surface area (Å²) in [5.41, 5.74) is 0. The minimum absolute atomic E-state index is 0.0815. The second kappa shape index (κ2) is 5.81. The summed E-state index contributed by atoms with van der Waals surface area (Å²) >= 11 is 12.0. The van der Waals surface area contributed by atoms with E-state index in [0.717, 1.165) is 25.2 Å². The molecule has 118 valence electrons. The van der Waals surface area contributed by atoms with Crippen molar-refractivity contribution in [1.29, 1.82) is 0 Å². The van der Waals surface area contributed by atoms with E-state index in [4.69, 9.17) is 23.2 Å². The fourth-order valence-electron chi connectivity index (χ4n) is 2.50. The summed E-state index contributed by atoms with van der Waals surface area (Å²) in [6.45, 7) is 0.940. The predicted molar refractivity (Wildman–Crippen MR) is 83.5 cm³/mol. The number of hydrogen-bond acceptors (Lipinski definition) is 4. The van der Waals surface area contributed by atoms with Gasteiger partial charge in [0.25, 0.3) is 0 Å². The Hall–Kier alpha value is -1.15. The molecule has 0 N–H and O–H groups in total. The summed E-state index contributed by atoms with van der Waals surface area (Å²) in [4.78, 5) is -0.0815. The first kappa shape index (κ1) is 15.7. The van der Waals surface area contributed by atoms with Crippen molar-refractivity contribution in [2.75, 3.05) is 7.05 Å². The molecule has 1 aromatic heterocycles. The monoisotopic (exact) mass is 360 g/mol. The molecule has 2 heterocycles. The lowest BCUT2D eigenvalue weighted by Crippen LogP contribution is -2.28. The van der Waals surface area contributed by atoms with Crippen LogP contribution >= 0.6 is 23.2 Å². The normalized spacial score (nSPS) is 14.5. The van der Waals surface area contributed by atoms with Gasteiger partial charge in [0.15, 0.2) is 0 Å². The van der Waals surface area contributed by atoms with E-state index in [-0.39, 0.29) is 21.5 Å². The minimum Gasteiger partial charge on any atom is -0.314 e. The Labute approximate surface area is 138 Å². The molecule has 1 aromatic carbocycles. The zero-order chi connectivity index (χ0) is 15.9. The first-order valence-corrected chi connectivity index (χ1v) is 8.92. The third kappa shape index (κ3) is 2.62. The number of halogens is 2. The summed E-state index contributed by atoms with van der Waals surface area (Å²) in [5.74, 6) is 1.53. The number of aromatic nitrogens is 3. The summed E-state index contributed by atoms with van der Waals surface area (Å²) in [6.07, 6.45) is 1.88. The van der Waals surface area contributed by atoms with E-state index in [0.29, 0.717) is 5.82 Å². The van der Waals surface area contributed by atoms with Gasteiger partial charge in [0, 0.05) is 20.0 Å². The van der Waals surface area contributed by atoms with Gasteiger partial charge in [-0.15, -0.1) is 10.2 Å². The van der Waals surface area contributed by atoms with Crippen LogP contribution in [0, 0.1) is 0 Å². The maximum atomic E-state index is 12.7. The van der Waals surface area contributed by atoms with Gasteiger partial charge in [0.1, 0.15) is 16.5 Å². The number of sulfonamides is 1. The van der Waals surface area contributed by atoms with Crippen molar-refractivity contribution in [2.45, 2.75) is 30.8 Å². The fourth-order valence-corrected chi connectivity index (χ4v) is 4.71. The van der Waals surface area contributed by atoms with Crippen molar-refractivity contribution in [1.82, 2.24) is 19.1 Å². The second-order valence-corrected chi connectivity index (χ2v) is 7.90. The summed E-state index contributed by atoms with van der Waals surface area (Å²) in [7, 11) is -2.33. The Balaban J connectivity index is 1.92. The third-order valence-electron chi connectivity index (χ3n) is 3.64. The van der Waals surface area contributed by atoms with Crippen LogP contribution in [0.2, 0.25) is 10.0 Å². The maximum absolute atomic E-state index is 12.7. The number of rotatable bonds is 4. The van der Waals surface area contributed by atoms with Gasteiger partial charge in [-0.05, 0) is 18.6 Å². The Bertz CT molecular complexity index is 799. The van der Waals surface area contributed by atoms with Crippen LogP contribution < -0.4 is 0 Å². The maximum Gasteiger partial charge on any atom is 0.246 e. The van der Waals surface area contributed by atoms with Crippen molar-refractivity contribution in [3.05, 3.63) is 39.9 Å². The van der Waals surface area contributed by atoms with E-state index in [1.165, 1.54) is 23.5 Å². The van der Waals surface area contributed by atoms with E-state index in [9.17, 15) is 8.42 Å². The van der Waals surface area contributed by atoms with Crippen LogP contribution in [0.15, 0.2) is 23.1 Å². The molecule has 1 aliphatic rings. The second-order valence-electron chi connectivity index (χ2n) is 5.10. The molecule has 1 aliphatic heterocycles. The van der Waals surface area contributed by atoms with Gasteiger partial charge in [0.2, 0.25) is 10.0 Å². The van der Waals surface area contributed by atoms with Crippen LogP contribution in [0.3, 0.4) is 0 Å². The van der Waals surface area contributed by atoms with Crippen LogP contribution in [-0.2, 0) is 29.5 Å². The zero-order valence-electron chi connectivity index (χ0n) is 11.8. The van der Waals surface area contributed by atoms with Crippen molar-refractivity contribution >= 4 is 33.2 Å². The van der Waals surface area contributed by atoms with Crippen molar-refractivity contribution in [3.8, 4) is 0 Å². The number of nitrogens with zero attached hydrogens (tertiary/aromatic N) is 4. The zero-order valence-corrected chi connectivity index (χ0v) is 14.2. The Morgan fingerprint density at radius 3 is 2.64 bits per heavy atom. The van der Waals surface area contributed by atoms with Crippen molar-refractivity contribution in [2.24, 2.45) is 0 Å². The lowest BCUT2D eigenvalue weighted by molar-refractivity contribution is 0.447. The van der Waals surface area contributed by atoms with Crippen LogP contribution in [0.25, 0.3) is 0 Å². The highest BCUT2D eigenvalue weighted by molar-refractivity contribution is 7.89. The Kier molecular flexibility index (Phi) is 4.15. The molecule has 0 saturated carbocycles. The SMILES string of the molecule is CN(Cc1nnc2n1CCC2)S(=O)(=O)c1c(Cl)cccc1Cl. The summed E-state index contributed by atoms with van der Waals surface area (Å²) in [6, 6.07) is 4.61. The summed E-state index contributed by atoms with van der Waals surface area (Å²) in [5, 5.41) is 8.35. The van der Waals surface area contributed by atoms with Gasteiger partial charge in [0.05, 0.1) is 16.6 Å². The molecule has 3 rings (SSSR count). The largest absolute Gasteiger partial charge is 0.314 e. The average molecular weight is 361 g/mol. The molecular weight excluding hydrogens is 347 g/mol. The van der Waals surface area contributed by atoms with Gasteiger partial charge < -0.3 is 4.57 Å². The highest BCUT2D eigenvalue weighted by atomic mass is 35.5. The van der Waals surface area contributed by atoms with Crippen LogP contribution in [0.4, 0.5) is 0 Å². The molecule has 0 saturated heterocycles. The molecule has 0 bridgehead atoms. The van der Waals surface area contributed by atoms with Crippen LogP contribution in [0.5, 0.6) is 0 Å².